The molecule has 0 aromatic heterocycles. The number of nitrogens with zero attached hydrogens (tertiary/aromatic N) is 1. The molecule has 0 radical (unpaired) electrons. The topological polar surface area (TPSA) is 98.7 Å². The average molecular weight is 409 g/mol. The van der Waals surface area contributed by atoms with Gasteiger partial charge in [0.2, 0.25) is 11.8 Å². The Morgan fingerprint density at radius 1 is 1.30 bits per heavy atom. The van der Waals surface area contributed by atoms with Gasteiger partial charge in [-0.15, -0.1) is 6.42 Å². The number of carboxylic acids is 1. The molecule has 1 unspecified atom stereocenters. The Labute approximate surface area is 176 Å². The van der Waals surface area contributed by atoms with Gasteiger partial charge in [0.15, 0.2) is 0 Å². The molecule has 7 heteroatoms. The molecule has 7 nitrogen and oxygen atoms in total. The lowest BCUT2D eigenvalue weighted by Crippen LogP contribution is -2.44. The molecule has 0 bridgehead atoms. The number of aliphatic carboxylic acids is 1. The highest BCUT2D eigenvalue weighted by molar-refractivity contribution is 5.90. The van der Waals surface area contributed by atoms with Crippen LogP contribution in [0.3, 0.4) is 0 Å². The number of fused-ring (bicyclic) bond motifs is 1. The third kappa shape index (κ3) is 5.28. The van der Waals surface area contributed by atoms with Crippen LogP contribution >= 0.6 is 0 Å². The standard InChI is InChI=1S/C23H27N3O4/c1-2-17(23(29)30)13-25-22(28)20-15-26(14-18-5-3-4-6-19(18)20)21(27)8-7-16-9-11-24-12-10-16/h1,3-8,16-17,20,24H,9-15H2,(H,25,28)(H,29,30)/b8-7+/t17-,20?/m0/s1. The van der Waals surface area contributed by atoms with Crippen LogP contribution in [0.1, 0.15) is 29.9 Å². The summed E-state index contributed by atoms with van der Waals surface area (Å²) in [6, 6.07) is 7.52. The zero-order valence-electron chi connectivity index (χ0n) is 16.8. The molecule has 0 spiro atoms. The minimum Gasteiger partial charge on any atom is -0.480 e. The minimum absolute atomic E-state index is 0.118. The van der Waals surface area contributed by atoms with Gasteiger partial charge in [-0.2, -0.15) is 0 Å². The van der Waals surface area contributed by atoms with Crippen LogP contribution in [-0.2, 0) is 20.9 Å². The van der Waals surface area contributed by atoms with E-state index in [1.54, 1.807) is 11.0 Å². The van der Waals surface area contributed by atoms with Crippen molar-refractivity contribution in [3.8, 4) is 12.3 Å². The van der Waals surface area contributed by atoms with Crippen LogP contribution in [0.25, 0.3) is 0 Å². The molecule has 2 aliphatic heterocycles. The maximum absolute atomic E-state index is 12.8. The number of carbonyl (C=O) groups is 3. The van der Waals surface area contributed by atoms with Gasteiger partial charge in [-0.25, -0.2) is 0 Å². The molecule has 2 aliphatic rings. The fourth-order valence-electron chi connectivity index (χ4n) is 3.90. The number of amides is 2. The van der Waals surface area contributed by atoms with E-state index >= 15 is 0 Å². The normalized spacial score (nSPS) is 20.2. The molecule has 2 atom stereocenters. The van der Waals surface area contributed by atoms with Crippen LogP contribution in [-0.4, -0.2) is 54.0 Å². The van der Waals surface area contributed by atoms with E-state index in [2.05, 4.69) is 16.6 Å². The van der Waals surface area contributed by atoms with Gasteiger partial charge in [0.05, 0.1) is 5.92 Å². The third-order valence-corrected chi connectivity index (χ3v) is 5.70. The molecule has 30 heavy (non-hydrogen) atoms. The van der Waals surface area contributed by atoms with Gasteiger partial charge in [0, 0.05) is 19.6 Å². The van der Waals surface area contributed by atoms with Crippen LogP contribution < -0.4 is 10.6 Å². The van der Waals surface area contributed by atoms with Gasteiger partial charge < -0.3 is 20.6 Å². The predicted octanol–water partition coefficient (Wildman–Crippen LogP) is 1.12. The van der Waals surface area contributed by atoms with Gasteiger partial charge in [0.1, 0.15) is 5.92 Å². The van der Waals surface area contributed by atoms with Gasteiger partial charge >= 0.3 is 5.97 Å². The molecular weight excluding hydrogens is 382 g/mol. The first-order valence-corrected chi connectivity index (χ1v) is 10.2. The van der Waals surface area contributed by atoms with E-state index in [1.165, 1.54) is 0 Å². The van der Waals surface area contributed by atoms with Gasteiger partial charge in [0.25, 0.3) is 0 Å². The first kappa shape index (κ1) is 21.6. The predicted molar refractivity (Wildman–Crippen MR) is 112 cm³/mol. The molecule has 0 saturated carbocycles. The number of benzene rings is 1. The summed E-state index contributed by atoms with van der Waals surface area (Å²) in [6.07, 6.45) is 10.8. The molecule has 2 amide bonds. The Balaban J connectivity index is 1.70. The van der Waals surface area contributed by atoms with Crippen molar-refractivity contribution >= 4 is 17.8 Å². The summed E-state index contributed by atoms with van der Waals surface area (Å²) in [7, 11) is 0. The summed E-state index contributed by atoms with van der Waals surface area (Å²) in [6.45, 7) is 2.45. The highest BCUT2D eigenvalue weighted by Gasteiger charge is 2.32. The number of nitrogens with one attached hydrogen (secondary N) is 2. The van der Waals surface area contributed by atoms with Gasteiger partial charge in [-0.1, -0.05) is 36.3 Å². The van der Waals surface area contributed by atoms with Gasteiger partial charge in [-0.3, -0.25) is 14.4 Å². The fraction of sp³-hybridized carbons (Fsp3) is 0.435. The molecular formula is C23H27N3O4. The second-order valence-electron chi connectivity index (χ2n) is 7.72. The van der Waals surface area contributed by atoms with Crippen molar-refractivity contribution in [3.63, 3.8) is 0 Å². The minimum atomic E-state index is -1.15. The van der Waals surface area contributed by atoms with Crippen molar-refractivity contribution in [2.75, 3.05) is 26.2 Å². The fourth-order valence-corrected chi connectivity index (χ4v) is 3.90. The number of hydrogen-bond donors (Lipinski definition) is 3. The first-order valence-electron chi connectivity index (χ1n) is 10.2. The number of allylic oxidation sites excluding steroid dienone is 1. The SMILES string of the molecule is C#C[C@@H](CNC(=O)C1CN(C(=O)/C=C/C2CCNCC2)Cc2ccccc21)C(=O)O. The zero-order chi connectivity index (χ0) is 21.5. The van der Waals surface area contributed by atoms with E-state index in [0.29, 0.717) is 12.5 Å². The highest BCUT2D eigenvalue weighted by Crippen LogP contribution is 2.29. The molecule has 1 fully saturated rings. The van der Waals surface area contributed by atoms with Crippen LogP contribution in [0.15, 0.2) is 36.4 Å². The van der Waals surface area contributed by atoms with Crippen molar-refractivity contribution in [2.24, 2.45) is 11.8 Å². The van der Waals surface area contributed by atoms with E-state index in [1.807, 2.05) is 30.3 Å². The molecule has 0 aliphatic carbocycles. The number of rotatable bonds is 6. The Kier molecular flexibility index (Phi) is 7.26. The average Bonchev–Trinajstić information content (AvgIpc) is 2.77. The Morgan fingerprint density at radius 2 is 2.03 bits per heavy atom. The second kappa shape index (κ2) is 10.1. The van der Waals surface area contributed by atoms with Crippen molar-refractivity contribution < 1.29 is 19.5 Å². The zero-order valence-corrected chi connectivity index (χ0v) is 16.8. The van der Waals surface area contributed by atoms with Crippen molar-refractivity contribution in [1.82, 2.24) is 15.5 Å². The molecule has 1 saturated heterocycles. The molecule has 1 aromatic rings. The Hall–Kier alpha value is -3.11. The number of carboxylic acid groups (broad SMARTS) is 1. The van der Waals surface area contributed by atoms with Crippen molar-refractivity contribution in [3.05, 3.63) is 47.5 Å². The van der Waals surface area contributed by atoms with E-state index in [0.717, 1.165) is 37.1 Å². The molecule has 158 valence electrons. The maximum atomic E-state index is 12.8. The third-order valence-electron chi connectivity index (χ3n) is 5.70. The summed E-state index contributed by atoms with van der Waals surface area (Å²) in [5, 5.41) is 15.0. The summed E-state index contributed by atoms with van der Waals surface area (Å²) in [5.74, 6) is -0.701. The second-order valence-corrected chi connectivity index (χ2v) is 7.72. The van der Waals surface area contributed by atoms with E-state index in [9.17, 15) is 14.4 Å². The van der Waals surface area contributed by atoms with Crippen LogP contribution in [0.5, 0.6) is 0 Å². The van der Waals surface area contributed by atoms with Crippen LogP contribution in [0.2, 0.25) is 0 Å². The van der Waals surface area contributed by atoms with E-state index < -0.39 is 17.8 Å². The number of hydrogen-bond acceptors (Lipinski definition) is 4. The Morgan fingerprint density at radius 3 is 2.73 bits per heavy atom. The lowest BCUT2D eigenvalue weighted by atomic mass is 9.88. The maximum Gasteiger partial charge on any atom is 0.320 e. The first-order chi connectivity index (χ1) is 14.5. The summed E-state index contributed by atoms with van der Waals surface area (Å²) in [4.78, 5) is 38.4. The largest absolute Gasteiger partial charge is 0.480 e. The Bertz CT molecular complexity index is 867. The summed E-state index contributed by atoms with van der Waals surface area (Å²) in [5.41, 5.74) is 1.77. The lowest BCUT2D eigenvalue weighted by Gasteiger charge is -2.33. The van der Waals surface area contributed by atoms with Crippen LogP contribution in [0, 0.1) is 24.2 Å². The van der Waals surface area contributed by atoms with Crippen molar-refractivity contribution in [1.29, 1.82) is 0 Å². The lowest BCUT2D eigenvalue weighted by molar-refractivity contribution is -0.139. The highest BCUT2D eigenvalue weighted by atomic mass is 16.4. The van der Waals surface area contributed by atoms with Gasteiger partial charge in [-0.05, 0) is 49.1 Å². The van der Waals surface area contributed by atoms with Crippen molar-refractivity contribution in [2.45, 2.75) is 25.3 Å². The van der Waals surface area contributed by atoms with E-state index in [-0.39, 0.29) is 24.9 Å². The monoisotopic (exact) mass is 409 g/mol. The summed E-state index contributed by atoms with van der Waals surface area (Å²) < 4.78 is 0. The number of terminal acetylenes is 1. The number of piperidine rings is 1. The summed E-state index contributed by atoms with van der Waals surface area (Å²) >= 11 is 0. The number of carbonyl (C=O) groups excluding carboxylic acids is 2. The van der Waals surface area contributed by atoms with Crippen LogP contribution in [0.4, 0.5) is 0 Å². The van der Waals surface area contributed by atoms with E-state index in [4.69, 9.17) is 11.5 Å². The molecule has 2 heterocycles. The molecule has 3 N–H and O–H groups in total. The quantitative estimate of drug-likeness (QED) is 0.483. The molecule has 1 aromatic carbocycles. The smallest absolute Gasteiger partial charge is 0.320 e. The molecule has 3 rings (SSSR count).